The first-order valence-corrected chi connectivity index (χ1v) is 17.4. The first kappa shape index (κ1) is 31.7. The topological polar surface area (TPSA) is 62.8 Å². The number of carbonyl (C=O) groups excluding carboxylic acids is 1. The lowest BCUT2D eigenvalue weighted by atomic mass is 9.67. The Bertz CT molecular complexity index is 1410. The molecule has 2 N–H and O–H groups in total. The van der Waals surface area contributed by atoms with E-state index in [1.807, 2.05) is 31.3 Å². The van der Waals surface area contributed by atoms with E-state index in [4.69, 9.17) is 21.1 Å². The first-order chi connectivity index (χ1) is 21.3. The third-order valence-corrected chi connectivity index (χ3v) is 11.5. The van der Waals surface area contributed by atoms with E-state index in [0.717, 1.165) is 74.2 Å². The van der Waals surface area contributed by atoms with Crippen molar-refractivity contribution < 1.29 is 18.7 Å². The van der Waals surface area contributed by atoms with E-state index in [1.54, 1.807) is 6.07 Å². The smallest absolute Gasteiger partial charge is 0.261 e. The van der Waals surface area contributed by atoms with Gasteiger partial charge in [-0.25, -0.2) is 4.39 Å². The van der Waals surface area contributed by atoms with E-state index in [2.05, 4.69) is 34.9 Å². The van der Waals surface area contributed by atoms with Gasteiger partial charge in [-0.3, -0.25) is 9.52 Å². The zero-order chi connectivity index (χ0) is 30.8. The molecule has 2 aliphatic heterocycles. The minimum atomic E-state index is -0.385. The number of hydrogen-bond acceptors (Lipinski definition) is 6. The summed E-state index contributed by atoms with van der Waals surface area (Å²) in [6.45, 7) is 7.83. The molecule has 1 spiro atoms. The molecule has 2 heterocycles. The molecule has 5 atom stereocenters. The lowest BCUT2D eigenvalue weighted by Gasteiger charge is -2.46. The van der Waals surface area contributed by atoms with Crippen LogP contribution in [0.2, 0.25) is 5.02 Å². The fourth-order valence-electron chi connectivity index (χ4n) is 7.61. The van der Waals surface area contributed by atoms with Crippen LogP contribution < -0.4 is 19.7 Å². The molecule has 1 amide bonds. The molecule has 4 aliphatic rings. The third-order valence-electron chi connectivity index (χ3n) is 10.2. The molecular formula is C35H45ClFN3O3S. The number of nitrogens with one attached hydrogen (secondary N) is 2. The van der Waals surface area contributed by atoms with Gasteiger partial charge in [0.2, 0.25) is 0 Å². The van der Waals surface area contributed by atoms with E-state index >= 15 is 4.39 Å². The molecule has 6 nitrogen and oxygen atoms in total. The molecule has 0 radical (unpaired) electrons. The van der Waals surface area contributed by atoms with Crippen LogP contribution in [0.15, 0.2) is 42.0 Å². The van der Waals surface area contributed by atoms with Gasteiger partial charge in [-0.1, -0.05) is 30.7 Å². The third kappa shape index (κ3) is 6.37. The number of benzene rings is 2. The molecule has 4 unspecified atom stereocenters. The largest absolute Gasteiger partial charge is 0.490 e. The van der Waals surface area contributed by atoms with Crippen molar-refractivity contribution in [3.63, 3.8) is 0 Å². The van der Waals surface area contributed by atoms with Crippen LogP contribution in [0.1, 0.15) is 73.9 Å². The van der Waals surface area contributed by atoms with E-state index in [-0.39, 0.29) is 33.5 Å². The Morgan fingerprint density at radius 1 is 1.25 bits per heavy atom. The van der Waals surface area contributed by atoms with E-state index < -0.39 is 0 Å². The molecule has 2 aromatic rings. The summed E-state index contributed by atoms with van der Waals surface area (Å²) in [5, 5.41) is 3.67. The summed E-state index contributed by atoms with van der Waals surface area (Å²) >= 11 is 7.73. The maximum atomic E-state index is 15.4. The Hall–Kier alpha value is -2.26. The van der Waals surface area contributed by atoms with Gasteiger partial charge in [-0.05, 0) is 124 Å². The number of ether oxygens (including phenoxy) is 2. The Morgan fingerprint density at radius 3 is 2.91 bits per heavy atom. The maximum Gasteiger partial charge on any atom is 0.261 e. The lowest BCUT2D eigenvalue weighted by Crippen LogP contribution is -2.50. The number of amides is 1. The Labute approximate surface area is 270 Å². The molecule has 44 heavy (non-hydrogen) atoms. The van der Waals surface area contributed by atoms with Crippen molar-refractivity contribution >= 4 is 35.1 Å². The Balaban J connectivity index is 1.39. The van der Waals surface area contributed by atoms with Gasteiger partial charge in [0, 0.05) is 35.9 Å². The van der Waals surface area contributed by atoms with Crippen LogP contribution in [-0.2, 0) is 16.6 Å². The maximum absolute atomic E-state index is 15.4. The molecular weight excluding hydrogens is 597 g/mol. The Morgan fingerprint density at radius 2 is 2.11 bits per heavy atom. The van der Waals surface area contributed by atoms with Crippen molar-refractivity contribution in [1.29, 1.82) is 0 Å². The van der Waals surface area contributed by atoms with Crippen molar-refractivity contribution in [2.75, 3.05) is 44.8 Å². The number of halogens is 2. The van der Waals surface area contributed by atoms with Crippen LogP contribution in [0.5, 0.6) is 5.75 Å². The number of nitrogens with zero attached hydrogens (tertiary/aromatic N) is 1. The number of likely N-dealkylation sites (N-methyl/N-ethyl adjacent to an activating group) is 1. The minimum Gasteiger partial charge on any atom is -0.490 e. The second kappa shape index (κ2) is 13.6. The standard InChI is InChI=1S/C35H45ClFN3O3S/c1-22-6-4-7-23(2)44-39-34(41)24-10-14-31-30(18-24)40(19-25-9-11-26(25)33(22)42-17-16-38-3)20-35(21-43-31)15-5-8-27-28(35)12-13-29(36)32(27)37/h6,10,12-14,18,23,25-26,33,38H,4-5,7-9,11,15-17,19-21H2,1-3H3,(H,39,41)/b22-6+/t23?,25-,26?,33?,35?/m0/s1. The monoisotopic (exact) mass is 641 g/mol. The second-order valence-corrected chi connectivity index (χ2v) is 14.8. The quantitative estimate of drug-likeness (QED) is 0.211. The van der Waals surface area contributed by atoms with Crippen molar-refractivity contribution in [1.82, 2.24) is 10.0 Å². The summed E-state index contributed by atoms with van der Waals surface area (Å²) in [5.74, 6) is 1.21. The van der Waals surface area contributed by atoms with Crippen molar-refractivity contribution in [2.45, 2.75) is 75.6 Å². The summed E-state index contributed by atoms with van der Waals surface area (Å²) in [6, 6.07) is 9.50. The van der Waals surface area contributed by atoms with Crippen LogP contribution in [0.25, 0.3) is 0 Å². The van der Waals surface area contributed by atoms with Gasteiger partial charge in [-0.2, -0.15) is 0 Å². The predicted octanol–water partition coefficient (Wildman–Crippen LogP) is 7.09. The number of rotatable bonds is 4. The summed E-state index contributed by atoms with van der Waals surface area (Å²) < 4.78 is 31.6. The molecule has 238 valence electrons. The average Bonchev–Trinajstić information content (AvgIpc) is 3.16. The lowest BCUT2D eigenvalue weighted by molar-refractivity contribution is -0.0189. The summed E-state index contributed by atoms with van der Waals surface area (Å²) in [4.78, 5) is 15.8. The summed E-state index contributed by atoms with van der Waals surface area (Å²) in [7, 11) is 1.96. The fourth-order valence-corrected chi connectivity index (χ4v) is 8.46. The van der Waals surface area contributed by atoms with Gasteiger partial charge in [0.1, 0.15) is 11.6 Å². The highest BCUT2D eigenvalue weighted by molar-refractivity contribution is 7.98. The highest BCUT2D eigenvalue weighted by Crippen LogP contribution is 2.48. The van der Waals surface area contributed by atoms with E-state index in [0.29, 0.717) is 43.6 Å². The van der Waals surface area contributed by atoms with Gasteiger partial charge in [0.15, 0.2) is 0 Å². The van der Waals surface area contributed by atoms with Crippen LogP contribution in [-0.4, -0.2) is 57.2 Å². The van der Waals surface area contributed by atoms with Gasteiger partial charge in [0.05, 0.1) is 30.0 Å². The van der Waals surface area contributed by atoms with E-state index in [1.165, 1.54) is 17.5 Å². The SMILES string of the molecule is CNCCOC1/C(C)=C/CCC(C)SNC(=O)c2ccc3c(c2)N(C[C@@H]2CCC12)CC1(CCCc2c1ccc(Cl)c2F)CO3. The van der Waals surface area contributed by atoms with Gasteiger partial charge < -0.3 is 19.7 Å². The van der Waals surface area contributed by atoms with Crippen LogP contribution in [0.3, 0.4) is 0 Å². The number of allylic oxidation sites excluding steroid dienone is 1. The fraction of sp³-hybridized carbons (Fsp3) is 0.571. The zero-order valence-corrected chi connectivity index (χ0v) is 27.7. The highest BCUT2D eigenvalue weighted by Gasteiger charge is 2.45. The van der Waals surface area contributed by atoms with Gasteiger partial charge >= 0.3 is 0 Å². The van der Waals surface area contributed by atoms with Crippen molar-refractivity contribution in [3.8, 4) is 5.75 Å². The molecule has 2 aliphatic carbocycles. The van der Waals surface area contributed by atoms with Crippen LogP contribution in [0.4, 0.5) is 10.1 Å². The van der Waals surface area contributed by atoms with E-state index in [9.17, 15) is 4.79 Å². The molecule has 1 fully saturated rings. The molecule has 0 aromatic heterocycles. The van der Waals surface area contributed by atoms with Crippen molar-refractivity contribution in [2.24, 2.45) is 11.8 Å². The zero-order valence-electron chi connectivity index (χ0n) is 26.1. The number of anilines is 1. The van der Waals surface area contributed by atoms with Crippen molar-refractivity contribution in [3.05, 3.63) is 69.5 Å². The number of fused-ring (bicyclic) bond motifs is 4. The molecule has 9 heteroatoms. The minimum absolute atomic E-state index is 0.0762. The first-order valence-electron chi connectivity index (χ1n) is 16.2. The summed E-state index contributed by atoms with van der Waals surface area (Å²) in [6.07, 6.45) is 9.05. The normalized spacial score (nSPS) is 30.2. The second-order valence-electron chi connectivity index (χ2n) is 13.2. The van der Waals surface area contributed by atoms with Gasteiger partial charge in [0.25, 0.3) is 5.91 Å². The predicted molar refractivity (Wildman–Crippen MR) is 178 cm³/mol. The molecule has 6 rings (SSSR count). The molecule has 1 saturated carbocycles. The van der Waals surface area contributed by atoms with Gasteiger partial charge in [-0.15, -0.1) is 0 Å². The van der Waals surface area contributed by atoms with Crippen LogP contribution in [0, 0.1) is 17.7 Å². The highest BCUT2D eigenvalue weighted by atomic mass is 35.5. The number of hydrogen-bond donors (Lipinski definition) is 2. The molecule has 2 aromatic carbocycles. The molecule has 2 bridgehead atoms. The average molecular weight is 642 g/mol. The van der Waals surface area contributed by atoms with Crippen LogP contribution >= 0.6 is 23.5 Å². The Kier molecular flexibility index (Phi) is 9.81. The number of carbonyl (C=O) groups is 1. The summed E-state index contributed by atoms with van der Waals surface area (Å²) in [5.41, 5.74) is 4.20. The molecule has 0 saturated heterocycles.